The highest BCUT2D eigenvalue weighted by Crippen LogP contribution is 2.68. The molecule has 0 N–H and O–H groups in total. The molecule has 4 aliphatic carbocycles. The first-order valence-electron chi connectivity index (χ1n) is 14.4. The van der Waals surface area contributed by atoms with E-state index in [1.54, 1.807) is 11.8 Å². The van der Waals surface area contributed by atoms with Crippen LogP contribution in [-0.2, 0) is 14.4 Å². The number of benzene rings is 1. The smallest absolute Gasteiger partial charge is 0.374 e. The van der Waals surface area contributed by atoms with Crippen LogP contribution in [0.4, 0.5) is 4.79 Å². The minimum atomic E-state index is -0.387. The van der Waals surface area contributed by atoms with Crippen molar-refractivity contribution in [1.82, 2.24) is 0 Å². The van der Waals surface area contributed by atoms with Gasteiger partial charge in [0, 0.05) is 35.9 Å². The van der Waals surface area contributed by atoms with Crippen LogP contribution in [0.25, 0.3) is 0 Å². The number of ketones is 1. The third-order valence-corrected chi connectivity index (χ3v) is 11.1. The van der Waals surface area contributed by atoms with Crippen LogP contribution in [-0.4, -0.2) is 47.3 Å². The number of nitrogens with zero attached hydrogens (tertiary/aromatic N) is 1. The third-order valence-electron chi connectivity index (χ3n) is 9.75. The van der Waals surface area contributed by atoms with Crippen molar-refractivity contribution in [3.8, 4) is 0 Å². The van der Waals surface area contributed by atoms with Crippen molar-refractivity contribution in [2.75, 3.05) is 24.4 Å². The Hall–Kier alpha value is -1.83. The van der Waals surface area contributed by atoms with E-state index in [2.05, 4.69) is 49.5 Å². The number of fused-ring (bicyclic) bond motifs is 4. The molecule has 0 bridgehead atoms. The Morgan fingerprint density at radius 2 is 1.95 bits per heavy atom. The lowest BCUT2D eigenvalue weighted by atomic mass is 9.51. The van der Waals surface area contributed by atoms with E-state index in [0.29, 0.717) is 29.9 Å². The highest BCUT2D eigenvalue weighted by molar-refractivity contribution is 8.13. The maximum Gasteiger partial charge on any atom is 0.393 e. The van der Waals surface area contributed by atoms with Crippen LogP contribution >= 0.6 is 23.5 Å². The molecular weight excluding hydrogens is 526 g/mol. The summed E-state index contributed by atoms with van der Waals surface area (Å²) in [6.45, 7) is 7.31. The predicted octanol–water partition coefficient (Wildman–Crippen LogP) is 7.95. The third kappa shape index (κ3) is 5.31. The van der Waals surface area contributed by atoms with Gasteiger partial charge in [0.05, 0.1) is 11.8 Å². The van der Waals surface area contributed by atoms with Gasteiger partial charge in [0.1, 0.15) is 0 Å². The van der Waals surface area contributed by atoms with Gasteiger partial charge in [0.2, 0.25) is 0 Å². The van der Waals surface area contributed by atoms with Gasteiger partial charge in [-0.2, -0.15) is 11.8 Å². The Labute approximate surface area is 241 Å². The second-order valence-corrected chi connectivity index (χ2v) is 13.6. The first-order chi connectivity index (χ1) is 18.9. The molecule has 39 heavy (non-hydrogen) atoms. The molecule has 0 heterocycles. The molecule has 0 saturated heterocycles. The van der Waals surface area contributed by atoms with Gasteiger partial charge in [-0.3, -0.25) is 4.79 Å². The van der Waals surface area contributed by atoms with Gasteiger partial charge in [-0.05, 0) is 104 Å². The summed E-state index contributed by atoms with van der Waals surface area (Å²) in [6.07, 6.45) is 12.8. The highest BCUT2D eigenvalue weighted by Gasteiger charge is 2.63. The van der Waals surface area contributed by atoms with E-state index in [-0.39, 0.29) is 22.1 Å². The van der Waals surface area contributed by atoms with E-state index in [4.69, 9.17) is 9.57 Å². The predicted molar refractivity (Wildman–Crippen MR) is 162 cm³/mol. The quantitative estimate of drug-likeness (QED) is 0.180. The van der Waals surface area contributed by atoms with Gasteiger partial charge in [-0.1, -0.05) is 48.8 Å². The summed E-state index contributed by atoms with van der Waals surface area (Å²) in [5.41, 5.74) is 6.57. The molecule has 5 nitrogen and oxygen atoms in total. The SMILES string of the molecule is CCO[C@@]1(CSC)CC[C@H]2[C@@H]3CCC4=CC(=O)CCC4=C3[C@@H](c3ccc(/C=N/OC(=O)SCC)cc3)C[C@@]21C. The number of ether oxygens (including phenoxy) is 1. The number of carbonyl (C=O) groups is 2. The van der Waals surface area contributed by atoms with Crippen molar-refractivity contribution in [3.63, 3.8) is 0 Å². The van der Waals surface area contributed by atoms with Gasteiger partial charge < -0.3 is 9.57 Å². The Morgan fingerprint density at radius 1 is 1.15 bits per heavy atom. The Morgan fingerprint density at radius 3 is 2.67 bits per heavy atom. The standard InChI is InChI=1S/C32H41NO4S2/c1-5-36-32(20-38-4)16-15-28-26-13-11-23-17-24(34)12-14-25(23)29(26)27(18-31(28,32)3)22-9-7-21(8-10-22)19-33-37-30(35)39-6-2/h7-10,17,19,26-28H,5-6,11-16,18,20H2,1-4H3/b33-19+/t26-,27+,28-,31-,32+/m0/s1. The number of carbonyl (C=O) groups excluding carboxylic acids is 2. The zero-order chi connectivity index (χ0) is 27.6. The lowest BCUT2D eigenvalue weighted by Crippen LogP contribution is -2.54. The summed E-state index contributed by atoms with van der Waals surface area (Å²) in [4.78, 5) is 28.9. The molecule has 0 radical (unpaired) electrons. The van der Waals surface area contributed by atoms with Crippen molar-refractivity contribution in [1.29, 1.82) is 0 Å². The fourth-order valence-electron chi connectivity index (χ4n) is 8.15. The summed E-state index contributed by atoms with van der Waals surface area (Å²) >= 11 is 3.02. The van der Waals surface area contributed by atoms with Crippen LogP contribution < -0.4 is 0 Å². The topological polar surface area (TPSA) is 65.0 Å². The van der Waals surface area contributed by atoms with Crippen molar-refractivity contribution in [2.45, 2.75) is 77.2 Å². The molecule has 5 atom stereocenters. The highest BCUT2D eigenvalue weighted by atomic mass is 32.2. The Kier molecular flexibility index (Phi) is 8.80. The van der Waals surface area contributed by atoms with Gasteiger partial charge in [0.15, 0.2) is 5.78 Å². The summed E-state index contributed by atoms with van der Waals surface area (Å²) in [5, 5.41) is 3.49. The number of thioether (sulfide) groups is 2. The number of oxime groups is 1. The van der Waals surface area contributed by atoms with Crippen LogP contribution in [0.3, 0.4) is 0 Å². The number of hydrogen-bond donors (Lipinski definition) is 0. The Balaban J connectivity index is 1.53. The maximum absolute atomic E-state index is 12.3. The molecule has 1 aromatic carbocycles. The fraction of sp³-hybridized carbons (Fsp3) is 0.594. The van der Waals surface area contributed by atoms with Crippen LogP contribution in [0.1, 0.15) is 82.8 Å². The summed E-state index contributed by atoms with van der Waals surface area (Å²) in [6, 6.07) is 8.59. The Bertz CT molecular complexity index is 1180. The molecule has 210 valence electrons. The van der Waals surface area contributed by atoms with Gasteiger partial charge in [-0.15, -0.1) is 0 Å². The zero-order valence-electron chi connectivity index (χ0n) is 23.7. The molecule has 0 aliphatic heterocycles. The molecule has 7 heteroatoms. The maximum atomic E-state index is 12.3. The summed E-state index contributed by atoms with van der Waals surface area (Å²) < 4.78 is 6.73. The van der Waals surface area contributed by atoms with Crippen molar-refractivity contribution in [2.24, 2.45) is 22.4 Å². The molecule has 0 unspecified atom stereocenters. The molecule has 2 fully saturated rings. The van der Waals surface area contributed by atoms with Crippen LogP contribution in [0, 0.1) is 17.3 Å². The molecule has 4 aliphatic rings. The van der Waals surface area contributed by atoms with Crippen LogP contribution in [0.5, 0.6) is 0 Å². The van der Waals surface area contributed by atoms with E-state index in [9.17, 15) is 9.59 Å². The first kappa shape index (κ1) is 28.7. The lowest BCUT2D eigenvalue weighted by molar-refractivity contribution is -0.120. The van der Waals surface area contributed by atoms with Gasteiger partial charge in [-0.25, -0.2) is 4.79 Å². The van der Waals surface area contributed by atoms with Gasteiger partial charge >= 0.3 is 5.30 Å². The zero-order valence-corrected chi connectivity index (χ0v) is 25.3. The number of allylic oxidation sites excluding steroid dienone is 4. The normalized spacial score (nSPS) is 32.1. The second-order valence-electron chi connectivity index (χ2n) is 11.6. The lowest BCUT2D eigenvalue weighted by Gasteiger charge is -2.56. The average Bonchev–Trinajstić information content (AvgIpc) is 3.20. The number of hydrogen-bond acceptors (Lipinski definition) is 7. The molecule has 0 aromatic heterocycles. The van der Waals surface area contributed by atoms with Crippen molar-refractivity contribution in [3.05, 3.63) is 58.2 Å². The average molecular weight is 568 g/mol. The van der Waals surface area contributed by atoms with Crippen molar-refractivity contribution >= 4 is 40.8 Å². The molecule has 0 spiro atoms. The van der Waals surface area contributed by atoms with E-state index in [1.807, 2.05) is 24.8 Å². The molecule has 5 rings (SSSR count). The van der Waals surface area contributed by atoms with Crippen LogP contribution in [0.15, 0.2) is 52.2 Å². The molecular formula is C32H41NO4S2. The molecule has 2 saturated carbocycles. The molecule has 1 aromatic rings. The second kappa shape index (κ2) is 12.0. The van der Waals surface area contributed by atoms with E-state index in [0.717, 1.165) is 61.8 Å². The first-order valence-corrected chi connectivity index (χ1v) is 16.8. The minimum absolute atomic E-state index is 0.0857. The van der Waals surface area contributed by atoms with Crippen LogP contribution in [0.2, 0.25) is 0 Å². The van der Waals surface area contributed by atoms with Gasteiger partial charge in [0.25, 0.3) is 0 Å². The fourth-order valence-corrected chi connectivity index (χ4v) is 9.51. The molecule has 0 amide bonds. The number of rotatable bonds is 8. The van der Waals surface area contributed by atoms with E-state index < -0.39 is 0 Å². The van der Waals surface area contributed by atoms with Crippen molar-refractivity contribution < 1.29 is 19.2 Å². The largest absolute Gasteiger partial charge is 0.393 e. The van der Waals surface area contributed by atoms with E-state index >= 15 is 0 Å². The summed E-state index contributed by atoms with van der Waals surface area (Å²) in [5.74, 6) is 3.42. The monoisotopic (exact) mass is 567 g/mol. The minimum Gasteiger partial charge on any atom is -0.374 e. The van der Waals surface area contributed by atoms with E-state index in [1.165, 1.54) is 23.1 Å². The summed E-state index contributed by atoms with van der Waals surface area (Å²) in [7, 11) is 0.